The quantitative estimate of drug-likeness (QED) is 0.416. The van der Waals surface area contributed by atoms with Crippen molar-refractivity contribution in [3.05, 3.63) is 11.6 Å². The molecule has 1 aliphatic heterocycles. The Labute approximate surface area is 202 Å². The molecule has 3 unspecified atom stereocenters. The molecule has 0 N–H and O–H groups in total. The third-order valence-electron chi connectivity index (χ3n) is 8.88. The van der Waals surface area contributed by atoms with E-state index in [0.29, 0.717) is 17.2 Å². The smallest absolute Gasteiger partial charge is 0.225 e. The second kappa shape index (κ2) is 11.4. The average molecular weight is 460 g/mol. The second-order valence-electron chi connectivity index (χ2n) is 11.7. The van der Waals surface area contributed by atoms with Crippen LogP contribution in [-0.4, -0.2) is 72.3 Å². The first-order valence-corrected chi connectivity index (χ1v) is 13.7. The van der Waals surface area contributed by atoms with Crippen molar-refractivity contribution in [3.8, 4) is 0 Å². The predicted molar refractivity (Wildman–Crippen MR) is 136 cm³/mol. The molecule has 0 aromatic heterocycles. The van der Waals surface area contributed by atoms with Gasteiger partial charge >= 0.3 is 0 Å². The molecule has 5 heteroatoms. The summed E-state index contributed by atoms with van der Waals surface area (Å²) in [7, 11) is 0. The lowest BCUT2D eigenvalue weighted by Gasteiger charge is -2.57. The maximum atomic E-state index is 13.0. The largest absolute Gasteiger partial charge is 0.340 e. The maximum absolute atomic E-state index is 13.0. The van der Waals surface area contributed by atoms with E-state index in [1.165, 1.54) is 18.4 Å². The van der Waals surface area contributed by atoms with Gasteiger partial charge in [0.25, 0.3) is 0 Å². The number of piperazine rings is 1. The Morgan fingerprint density at radius 1 is 1.15 bits per heavy atom. The molecule has 0 spiro atoms. The van der Waals surface area contributed by atoms with Crippen LogP contribution in [0.2, 0.25) is 0 Å². The second-order valence-corrected chi connectivity index (χ2v) is 11.7. The predicted octanol–water partition coefficient (Wildman–Crippen LogP) is 4.82. The van der Waals surface area contributed by atoms with Gasteiger partial charge in [0.15, 0.2) is 0 Å². The number of hydrogen-bond donors (Lipinski definition) is 0. The zero-order valence-electron chi connectivity index (χ0n) is 22.2. The van der Waals surface area contributed by atoms with E-state index in [2.05, 4.69) is 48.5 Å². The van der Waals surface area contributed by atoms with Gasteiger partial charge in [0.2, 0.25) is 11.8 Å². The first kappa shape index (κ1) is 26.2. The van der Waals surface area contributed by atoms with Gasteiger partial charge in [-0.15, -0.1) is 0 Å². The van der Waals surface area contributed by atoms with Gasteiger partial charge in [0, 0.05) is 57.6 Å². The molecule has 33 heavy (non-hydrogen) atoms. The maximum Gasteiger partial charge on any atom is 0.225 e. The summed E-state index contributed by atoms with van der Waals surface area (Å²) in [5, 5.41) is 0. The number of hydrogen-bond acceptors (Lipinski definition) is 3. The van der Waals surface area contributed by atoms with E-state index in [9.17, 15) is 9.59 Å². The molecule has 1 saturated heterocycles. The minimum Gasteiger partial charge on any atom is -0.340 e. The van der Waals surface area contributed by atoms with Crippen LogP contribution in [0.1, 0.15) is 80.1 Å². The minimum atomic E-state index is 0.0277. The van der Waals surface area contributed by atoms with Crippen molar-refractivity contribution in [2.24, 2.45) is 29.1 Å². The highest BCUT2D eigenvalue weighted by molar-refractivity contribution is 5.79. The highest BCUT2D eigenvalue weighted by Gasteiger charge is 2.51. The molecule has 2 bridgehead atoms. The molecule has 0 aromatic rings. The van der Waals surface area contributed by atoms with Gasteiger partial charge < -0.3 is 9.80 Å². The summed E-state index contributed by atoms with van der Waals surface area (Å²) < 4.78 is 0. The lowest BCUT2D eigenvalue weighted by molar-refractivity contribution is -0.137. The zero-order chi connectivity index (χ0) is 24.2. The molecule has 2 amide bonds. The van der Waals surface area contributed by atoms with Gasteiger partial charge in [-0.3, -0.25) is 14.5 Å². The molecule has 0 radical (unpaired) electrons. The molecule has 188 valence electrons. The number of fused-ring (bicyclic) bond motifs is 1. The molecule has 4 rings (SSSR count). The van der Waals surface area contributed by atoms with Crippen LogP contribution in [0.5, 0.6) is 0 Å². The van der Waals surface area contributed by atoms with Gasteiger partial charge in [-0.25, -0.2) is 0 Å². The normalized spacial score (nSPS) is 25.4. The highest BCUT2D eigenvalue weighted by atomic mass is 16.2. The van der Waals surface area contributed by atoms with E-state index in [4.69, 9.17) is 0 Å². The van der Waals surface area contributed by atoms with E-state index in [1.54, 1.807) is 0 Å². The Balaban J connectivity index is 1.51. The minimum absolute atomic E-state index is 0.0277. The van der Waals surface area contributed by atoms with Crippen LogP contribution in [0.3, 0.4) is 0 Å². The van der Waals surface area contributed by atoms with Crippen molar-refractivity contribution in [3.63, 3.8) is 0 Å². The summed E-state index contributed by atoms with van der Waals surface area (Å²) in [6, 6.07) is 0. The van der Waals surface area contributed by atoms with Crippen molar-refractivity contribution >= 4 is 11.8 Å². The highest BCUT2D eigenvalue weighted by Crippen LogP contribution is 2.59. The first-order valence-electron chi connectivity index (χ1n) is 13.7. The molecule has 5 nitrogen and oxygen atoms in total. The molecule has 3 aliphatic carbocycles. The molecule has 0 aromatic carbocycles. The third-order valence-corrected chi connectivity index (χ3v) is 8.88. The van der Waals surface area contributed by atoms with Gasteiger partial charge in [-0.05, 0) is 42.9 Å². The number of nitrogens with zero attached hydrogens (tertiary/aromatic N) is 3. The summed E-state index contributed by atoms with van der Waals surface area (Å²) in [5.74, 6) is 2.31. The Hall–Kier alpha value is -1.36. The van der Waals surface area contributed by atoms with E-state index in [0.717, 1.165) is 77.4 Å². The van der Waals surface area contributed by atoms with Crippen LogP contribution >= 0.6 is 0 Å². The fraction of sp³-hybridized carbons (Fsp3) is 0.857. The number of carbonyl (C=O) groups excluding carboxylic acids is 2. The third kappa shape index (κ3) is 6.01. The number of amides is 2. The molecule has 2 fully saturated rings. The van der Waals surface area contributed by atoms with E-state index >= 15 is 0 Å². The molecular weight excluding hydrogens is 410 g/mol. The monoisotopic (exact) mass is 459 g/mol. The van der Waals surface area contributed by atoms with Crippen LogP contribution < -0.4 is 0 Å². The number of unbranched alkanes of at least 4 members (excludes halogenated alkanes) is 1. The summed E-state index contributed by atoms with van der Waals surface area (Å²) in [6.07, 6.45) is 9.16. The Morgan fingerprint density at radius 3 is 2.39 bits per heavy atom. The van der Waals surface area contributed by atoms with Crippen molar-refractivity contribution < 1.29 is 9.59 Å². The van der Waals surface area contributed by atoms with Gasteiger partial charge in [0.1, 0.15) is 0 Å². The zero-order valence-corrected chi connectivity index (χ0v) is 22.2. The first-order chi connectivity index (χ1) is 15.7. The number of rotatable bonds is 11. The fourth-order valence-electron chi connectivity index (χ4n) is 6.17. The van der Waals surface area contributed by atoms with Gasteiger partial charge in [0.05, 0.1) is 0 Å². The van der Waals surface area contributed by atoms with Gasteiger partial charge in [-0.1, -0.05) is 66.0 Å². The van der Waals surface area contributed by atoms with Crippen LogP contribution in [0.4, 0.5) is 0 Å². The van der Waals surface area contributed by atoms with E-state index < -0.39 is 0 Å². The Bertz CT molecular complexity index is 706. The summed E-state index contributed by atoms with van der Waals surface area (Å²) >= 11 is 0. The standard InChI is InChI=1S/C28H49N3O2/c1-7-9-10-22(8-2)27(33)30-16-13-29(14-17-30)15-18-31(26(32)21(3)4)20-23-11-12-24-19-25(23)28(24,5)6/h11,21-22,24-25H,7-10,12-20H2,1-6H3. The molecule has 4 aliphatic rings. The van der Waals surface area contributed by atoms with Crippen molar-refractivity contribution in [2.75, 3.05) is 45.8 Å². The van der Waals surface area contributed by atoms with Crippen molar-refractivity contribution in [1.82, 2.24) is 14.7 Å². The van der Waals surface area contributed by atoms with Crippen molar-refractivity contribution in [1.29, 1.82) is 0 Å². The number of allylic oxidation sites excluding steroid dienone is 1. The molecular formula is C28H49N3O2. The van der Waals surface area contributed by atoms with Crippen molar-refractivity contribution in [2.45, 2.75) is 80.1 Å². The van der Waals surface area contributed by atoms with E-state index in [1.807, 2.05) is 13.8 Å². The van der Waals surface area contributed by atoms with Crippen LogP contribution in [0, 0.1) is 29.1 Å². The lowest BCUT2D eigenvalue weighted by Crippen LogP contribution is -2.53. The van der Waals surface area contributed by atoms with Gasteiger partial charge in [-0.2, -0.15) is 0 Å². The SMILES string of the molecule is CCCCC(CC)C(=O)N1CCN(CCN(CC2=CCC3CC2C3(C)C)C(=O)C(C)C)CC1. The Kier molecular flexibility index (Phi) is 9.05. The number of carbonyl (C=O) groups is 2. The topological polar surface area (TPSA) is 43.9 Å². The molecule has 3 atom stereocenters. The van der Waals surface area contributed by atoms with Crippen LogP contribution in [0.15, 0.2) is 11.6 Å². The summed E-state index contributed by atoms with van der Waals surface area (Å²) in [4.78, 5) is 32.6. The lowest BCUT2D eigenvalue weighted by atomic mass is 9.49. The van der Waals surface area contributed by atoms with Crippen LogP contribution in [0.25, 0.3) is 0 Å². The molecule has 1 heterocycles. The average Bonchev–Trinajstić information content (AvgIpc) is 2.81. The van der Waals surface area contributed by atoms with E-state index in [-0.39, 0.29) is 17.7 Å². The summed E-state index contributed by atoms with van der Waals surface area (Å²) in [5.41, 5.74) is 1.89. The Morgan fingerprint density at radius 2 is 1.85 bits per heavy atom. The fourth-order valence-corrected chi connectivity index (χ4v) is 6.17. The molecule has 1 saturated carbocycles. The van der Waals surface area contributed by atoms with Crippen LogP contribution in [-0.2, 0) is 9.59 Å². The summed E-state index contributed by atoms with van der Waals surface area (Å²) in [6.45, 7) is 19.1.